The number of carbonyl (C=O) groups excluding carboxylic acids is 4. The van der Waals surface area contributed by atoms with Gasteiger partial charge in [0.05, 0.1) is 23.9 Å². The van der Waals surface area contributed by atoms with Gasteiger partial charge < -0.3 is 60.0 Å². The van der Waals surface area contributed by atoms with Gasteiger partial charge in [-0.3, -0.25) is 0 Å². The van der Waals surface area contributed by atoms with E-state index in [0.717, 1.165) is 0 Å². The molecule has 4 N–H and O–H groups in total. The molecule has 12 nitrogen and oxygen atoms in total. The third-order valence-electron chi connectivity index (χ3n) is 1.56. The van der Waals surface area contributed by atoms with Gasteiger partial charge in [0, 0.05) is 0 Å². The van der Waals surface area contributed by atoms with Crippen molar-refractivity contribution in [2.75, 3.05) is 0 Å². The predicted molar refractivity (Wildman–Crippen MR) is 44.1 cm³/mol. The van der Waals surface area contributed by atoms with E-state index in [-0.39, 0.29) is 65.5 Å². The average molecular weight is 390 g/mol. The Morgan fingerprint density at radius 3 is 0.696 bits per heavy atom. The zero-order valence-electron chi connectivity index (χ0n) is 11.7. The van der Waals surface area contributed by atoms with Gasteiger partial charge in [0.2, 0.25) is 0 Å². The summed E-state index contributed by atoms with van der Waals surface area (Å²) in [4.78, 5) is 38.5. The van der Waals surface area contributed by atoms with Gasteiger partial charge >= 0.3 is 65.5 Å². The Balaban J connectivity index is -0.0000000831. The molecule has 0 aromatic rings. The Hall–Kier alpha value is -0.163. The zero-order valence-corrected chi connectivity index (χ0v) is 14.6. The van der Waals surface area contributed by atoms with Gasteiger partial charge in [-0.2, -0.15) is 0 Å². The van der Waals surface area contributed by atoms with Gasteiger partial charge in [0.25, 0.3) is 0 Å². The minimum atomic E-state index is -2.44. The van der Waals surface area contributed by atoms with Crippen molar-refractivity contribution in [1.82, 2.24) is 0 Å². The molecule has 0 fully saturated rings. The van der Waals surface area contributed by atoms with E-state index in [4.69, 9.17) is 20.4 Å². The number of aliphatic carboxylic acids is 4. The molecule has 23 heavy (non-hydrogen) atoms. The fraction of sp³-hybridized carbons (Fsp3) is 0.500. The minimum absolute atomic E-state index is 0. The van der Waals surface area contributed by atoms with Crippen molar-refractivity contribution < 1.29 is 126 Å². The summed E-state index contributed by atoms with van der Waals surface area (Å²) in [6.07, 6.45) is -9.76. The molecule has 0 amide bonds. The molecule has 1 radical (unpaired) electrons. The molecule has 0 spiro atoms. The van der Waals surface area contributed by atoms with Crippen LogP contribution < -0.4 is 68.8 Å². The van der Waals surface area contributed by atoms with Crippen LogP contribution in [0.3, 0.4) is 0 Å². The molecule has 0 bridgehead atoms. The van der Waals surface area contributed by atoms with Crippen LogP contribution in [-0.4, -0.2) is 68.7 Å². The SMILES string of the molecule is O=C([O-])C(O)C(O)C(=O)[O-].O=C([O-])C(O)C(O)C(=O)[O-].[Cu+2].[Li+].[Na+]. The molecule has 4 unspecified atom stereocenters. The zero-order chi connectivity index (χ0) is 16.6. The number of carboxylic acids is 4. The van der Waals surface area contributed by atoms with Crippen molar-refractivity contribution in [2.24, 2.45) is 0 Å². The van der Waals surface area contributed by atoms with Crippen molar-refractivity contribution >= 4 is 23.9 Å². The van der Waals surface area contributed by atoms with Crippen molar-refractivity contribution in [3.8, 4) is 0 Å². The summed E-state index contributed by atoms with van der Waals surface area (Å²) >= 11 is 0. The summed E-state index contributed by atoms with van der Waals surface area (Å²) in [7, 11) is 0. The van der Waals surface area contributed by atoms with Gasteiger partial charge in [-0.15, -0.1) is 0 Å². The van der Waals surface area contributed by atoms with Gasteiger partial charge in [-0.25, -0.2) is 0 Å². The van der Waals surface area contributed by atoms with E-state index in [1.807, 2.05) is 0 Å². The third-order valence-corrected chi connectivity index (χ3v) is 1.56. The van der Waals surface area contributed by atoms with Gasteiger partial charge in [0.15, 0.2) is 0 Å². The first kappa shape index (κ1) is 34.2. The minimum Gasteiger partial charge on any atom is -0.547 e. The van der Waals surface area contributed by atoms with E-state index in [9.17, 15) is 39.6 Å². The Kier molecular flexibility index (Phi) is 24.8. The van der Waals surface area contributed by atoms with Crippen LogP contribution in [0.5, 0.6) is 0 Å². The molecular weight excluding hydrogens is 382 g/mol. The monoisotopic (exact) mass is 389 g/mol. The molecule has 0 saturated carbocycles. The standard InChI is InChI=1S/2C4H6O6.Cu.Li.Na/c2*5-1(3(7)8)2(6)4(9)10;;;/h2*1-2,5-6H,(H,7,8)(H,9,10);;;/q;;+2;2*+1/p-4. The Bertz CT molecular complexity index is 321. The van der Waals surface area contributed by atoms with Crippen LogP contribution in [0.25, 0.3) is 0 Å². The van der Waals surface area contributed by atoms with Crippen LogP contribution in [0.15, 0.2) is 0 Å². The maximum Gasteiger partial charge on any atom is 2.00 e. The summed E-state index contributed by atoms with van der Waals surface area (Å²) in [5.41, 5.74) is 0. The van der Waals surface area contributed by atoms with E-state index >= 15 is 0 Å². The molecule has 0 aliphatic heterocycles. The fourth-order valence-corrected chi connectivity index (χ4v) is 0.516. The van der Waals surface area contributed by atoms with Crippen molar-refractivity contribution in [3.05, 3.63) is 0 Å². The Morgan fingerprint density at radius 1 is 0.565 bits per heavy atom. The Labute approximate surface area is 173 Å². The second-order valence-electron chi connectivity index (χ2n) is 3.06. The topological polar surface area (TPSA) is 241 Å². The quantitative estimate of drug-likeness (QED) is 0.309. The van der Waals surface area contributed by atoms with Crippen LogP contribution in [0, 0.1) is 0 Å². The van der Waals surface area contributed by atoms with Crippen LogP contribution in [0.1, 0.15) is 0 Å². The smallest absolute Gasteiger partial charge is 0.547 e. The van der Waals surface area contributed by atoms with Crippen LogP contribution >= 0.6 is 0 Å². The second kappa shape index (κ2) is 16.7. The first-order valence-electron chi connectivity index (χ1n) is 4.49. The van der Waals surface area contributed by atoms with Crippen LogP contribution in [-0.2, 0) is 36.2 Å². The first-order chi connectivity index (χ1) is 8.93. The summed E-state index contributed by atoms with van der Waals surface area (Å²) in [6.45, 7) is 0. The van der Waals surface area contributed by atoms with Crippen molar-refractivity contribution in [3.63, 3.8) is 0 Å². The number of rotatable bonds is 6. The summed E-state index contributed by atoms with van der Waals surface area (Å²) < 4.78 is 0. The number of carbonyl (C=O) groups is 4. The number of aliphatic hydroxyl groups is 4. The number of aliphatic hydroxyl groups excluding tert-OH is 4. The molecule has 125 valence electrons. The van der Waals surface area contributed by atoms with E-state index in [0.29, 0.717) is 0 Å². The van der Waals surface area contributed by atoms with E-state index in [1.54, 1.807) is 0 Å². The van der Waals surface area contributed by atoms with Crippen molar-refractivity contribution in [2.45, 2.75) is 24.4 Å². The number of hydrogen-bond acceptors (Lipinski definition) is 12. The molecule has 4 atom stereocenters. The van der Waals surface area contributed by atoms with Crippen LogP contribution in [0.4, 0.5) is 0 Å². The maximum atomic E-state index is 9.63. The predicted octanol–water partition coefficient (Wildman–Crippen LogP) is -15.6. The molecule has 0 aliphatic carbocycles. The fourth-order valence-electron chi connectivity index (χ4n) is 0.516. The first-order valence-corrected chi connectivity index (χ1v) is 4.49. The van der Waals surface area contributed by atoms with Gasteiger partial charge in [-0.1, -0.05) is 0 Å². The molecule has 0 aromatic heterocycles. The molecule has 0 aromatic carbocycles. The Morgan fingerprint density at radius 2 is 0.652 bits per heavy atom. The molecular formula is C8H8CuLiNaO12. The summed E-state index contributed by atoms with van der Waals surface area (Å²) in [5.74, 6) is -8.23. The molecule has 0 heterocycles. The van der Waals surface area contributed by atoms with Gasteiger partial charge in [-0.05, 0) is 0 Å². The third kappa shape index (κ3) is 15.1. The summed E-state index contributed by atoms with van der Waals surface area (Å²) in [6, 6.07) is 0. The van der Waals surface area contributed by atoms with Gasteiger partial charge in [0.1, 0.15) is 24.4 Å². The average Bonchev–Trinajstić information content (AvgIpc) is 2.35. The normalized spacial score (nSPS) is 13.7. The largest absolute Gasteiger partial charge is 2.00 e. The van der Waals surface area contributed by atoms with E-state index < -0.39 is 48.3 Å². The van der Waals surface area contributed by atoms with E-state index in [1.165, 1.54) is 0 Å². The maximum absolute atomic E-state index is 9.63. The molecule has 15 heteroatoms. The van der Waals surface area contributed by atoms with Crippen LogP contribution in [0.2, 0.25) is 0 Å². The van der Waals surface area contributed by atoms with E-state index in [2.05, 4.69) is 0 Å². The summed E-state index contributed by atoms with van der Waals surface area (Å²) in [5, 5.41) is 71.5. The molecule has 0 saturated heterocycles. The number of carboxylic acid groups (broad SMARTS) is 4. The molecule has 0 aliphatic rings. The van der Waals surface area contributed by atoms with Crippen molar-refractivity contribution in [1.29, 1.82) is 0 Å². The molecule has 0 rings (SSSR count). The second-order valence-corrected chi connectivity index (χ2v) is 3.06. The number of hydrogen-bond donors (Lipinski definition) is 4.